The lowest BCUT2D eigenvalue weighted by atomic mass is 10.2. The Morgan fingerprint density at radius 1 is 1.14 bits per heavy atom. The molecule has 11 heteroatoms. The number of ether oxygens (including phenoxy) is 1. The van der Waals surface area contributed by atoms with Crippen LogP contribution in [0.5, 0.6) is 5.75 Å². The van der Waals surface area contributed by atoms with E-state index >= 15 is 0 Å². The molecular weight excluding hydrogens is 477 g/mol. The summed E-state index contributed by atoms with van der Waals surface area (Å²) in [6, 6.07) is 13.5. The van der Waals surface area contributed by atoms with E-state index in [1.807, 2.05) is 0 Å². The highest BCUT2D eigenvalue weighted by atomic mass is 19.4. The van der Waals surface area contributed by atoms with Gasteiger partial charge in [0.2, 0.25) is 11.9 Å². The van der Waals surface area contributed by atoms with Gasteiger partial charge in [0.05, 0.1) is 29.4 Å². The molecular formula is C25H21F3N4O4. The van der Waals surface area contributed by atoms with E-state index in [0.717, 1.165) is 18.6 Å². The molecule has 0 bridgehead atoms. The van der Waals surface area contributed by atoms with Gasteiger partial charge in [0.25, 0.3) is 5.91 Å². The quantitative estimate of drug-likeness (QED) is 0.394. The van der Waals surface area contributed by atoms with Gasteiger partial charge in [-0.15, -0.1) is 0 Å². The van der Waals surface area contributed by atoms with Gasteiger partial charge in [0, 0.05) is 24.7 Å². The number of fused-ring (bicyclic) bond motifs is 1. The van der Waals surface area contributed by atoms with Gasteiger partial charge < -0.3 is 18.6 Å². The Balaban J connectivity index is 1.34. The van der Waals surface area contributed by atoms with Gasteiger partial charge in [-0.05, 0) is 48.9 Å². The van der Waals surface area contributed by atoms with E-state index in [9.17, 15) is 22.8 Å². The monoisotopic (exact) mass is 498 g/mol. The number of imidazole rings is 1. The highest BCUT2D eigenvalue weighted by molar-refractivity contribution is 5.95. The number of amides is 2. The topological polar surface area (TPSA) is 89.6 Å². The van der Waals surface area contributed by atoms with Crippen LogP contribution in [-0.2, 0) is 22.3 Å². The largest absolute Gasteiger partial charge is 0.484 e. The maximum Gasteiger partial charge on any atom is 0.416 e. The summed E-state index contributed by atoms with van der Waals surface area (Å²) in [6.07, 6.45) is -1.76. The number of hydrogen-bond acceptors (Lipinski definition) is 5. The number of carbonyl (C=O) groups excluding carboxylic acids is 2. The first-order chi connectivity index (χ1) is 17.3. The molecule has 1 aliphatic heterocycles. The first kappa shape index (κ1) is 23.5. The number of carbonyl (C=O) groups is 2. The predicted octanol–water partition coefficient (Wildman–Crippen LogP) is 4.84. The molecule has 2 aromatic carbocycles. The Labute approximate surface area is 203 Å². The number of benzene rings is 2. The predicted molar refractivity (Wildman–Crippen MR) is 125 cm³/mol. The highest BCUT2D eigenvalue weighted by Crippen LogP contribution is 2.32. The molecule has 8 nitrogen and oxygen atoms in total. The second-order valence-corrected chi connectivity index (χ2v) is 8.29. The third-order valence-corrected chi connectivity index (χ3v) is 5.79. The zero-order chi connectivity index (χ0) is 25.3. The number of furan rings is 1. The van der Waals surface area contributed by atoms with Crippen molar-refractivity contribution in [3.8, 4) is 5.75 Å². The van der Waals surface area contributed by atoms with Crippen molar-refractivity contribution in [2.75, 3.05) is 23.4 Å². The van der Waals surface area contributed by atoms with E-state index in [4.69, 9.17) is 9.15 Å². The molecule has 5 rings (SSSR count). The van der Waals surface area contributed by atoms with Gasteiger partial charge in [-0.2, -0.15) is 13.2 Å². The molecule has 36 heavy (non-hydrogen) atoms. The maximum absolute atomic E-state index is 13.2. The Morgan fingerprint density at radius 3 is 2.72 bits per heavy atom. The van der Waals surface area contributed by atoms with Gasteiger partial charge >= 0.3 is 6.18 Å². The fourth-order valence-corrected chi connectivity index (χ4v) is 4.09. The lowest BCUT2D eigenvalue weighted by Gasteiger charge is -2.16. The SMILES string of the molecule is O=C(COc1cccc(N2CCCC2=O)c1)Nc1nc2cc(C(F)(F)F)ccc2n1Cc1ccco1. The lowest BCUT2D eigenvalue weighted by molar-refractivity contribution is -0.137. The number of anilines is 2. The molecule has 0 atom stereocenters. The number of hydrogen-bond donors (Lipinski definition) is 1. The molecule has 186 valence electrons. The minimum absolute atomic E-state index is 0.0361. The summed E-state index contributed by atoms with van der Waals surface area (Å²) in [6.45, 7) is 0.414. The number of nitrogens with one attached hydrogen (secondary N) is 1. The van der Waals surface area contributed by atoms with E-state index in [-0.39, 0.29) is 30.5 Å². The van der Waals surface area contributed by atoms with Crippen LogP contribution in [0.1, 0.15) is 24.2 Å². The van der Waals surface area contributed by atoms with Crippen molar-refractivity contribution < 1.29 is 31.9 Å². The van der Waals surface area contributed by atoms with E-state index < -0.39 is 17.6 Å². The maximum atomic E-state index is 13.2. The fourth-order valence-electron chi connectivity index (χ4n) is 4.09. The van der Waals surface area contributed by atoms with Crippen LogP contribution in [0, 0.1) is 0 Å². The fraction of sp³-hybridized carbons (Fsp3) is 0.240. The molecule has 0 aliphatic carbocycles. The van der Waals surface area contributed by atoms with E-state index in [1.54, 1.807) is 45.9 Å². The zero-order valence-corrected chi connectivity index (χ0v) is 18.9. The second kappa shape index (κ2) is 9.40. The number of halogens is 3. The third-order valence-electron chi connectivity index (χ3n) is 5.79. The minimum atomic E-state index is -4.52. The lowest BCUT2D eigenvalue weighted by Crippen LogP contribution is -2.24. The summed E-state index contributed by atoms with van der Waals surface area (Å²) >= 11 is 0. The normalized spacial score (nSPS) is 14.0. The summed E-state index contributed by atoms with van der Waals surface area (Å²) in [5, 5.41) is 2.62. The average molecular weight is 498 g/mol. The van der Waals surface area contributed by atoms with E-state index in [0.29, 0.717) is 35.7 Å². The standard InChI is InChI=1S/C25H21F3N4O4/c26-25(27,28)16-8-9-21-20(12-16)29-24(32(21)14-19-6-3-11-35-19)30-22(33)15-36-18-5-1-4-17(13-18)31-10-2-7-23(31)34/h1,3-6,8-9,11-13H,2,7,10,14-15H2,(H,29,30,33). The van der Waals surface area contributed by atoms with Crippen molar-refractivity contribution in [2.24, 2.45) is 0 Å². The molecule has 0 spiro atoms. The summed E-state index contributed by atoms with van der Waals surface area (Å²) in [7, 11) is 0. The Kier molecular flexibility index (Phi) is 6.13. The zero-order valence-electron chi connectivity index (χ0n) is 18.9. The first-order valence-electron chi connectivity index (χ1n) is 11.2. The van der Waals surface area contributed by atoms with Crippen LogP contribution in [0.4, 0.5) is 24.8 Å². The van der Waals surface area contributed by atoms with E-state index in [1.165, 1.54) is 12.3 Å². The van der Waals surface area contributed by atoms with Crippen LogP contribution in [0.15, 0.2) is 65.3 Å². The van der Waals surface area contributed by atoms with Crippen molar-refractivity contribution in [3.05, 3.63) is 72.2 Å². The Morgan fingerprint density at radius 2 is 2.00 bits per heavy atom. The number of aromatic nitrogens is 2. The third kappa shape index (κ3) is 4.90. The average Bonchev–Trinajstić information content (AvgIpc) is 3.58. The van der Waals surface area contributed by atoms with Gasteiger partial charge in [-0.1, -0.05) is 6.07 Å². The van der Waals surface area contributed by atoms with Gasteiger partial charge in [0.15, 0.2) is 6.61 Å². The van der Waals surface area contributed by atoms with Gasteiger partial charge in [-0.3, -0.25) is 14.9 Å². The van der Waals surface area contributed by atoms with Crippen LogP contribution in [0.25, 0.3) is 11.0 Å². The summed E-state index contributed by atoms with van der Waals surface area (Å²) in [4.78, 5) is 30.6. The minimum Gasteiger partial charge on any atom is -0.484 e. The molecule has 1 fully saturated rings. The highest BCUT2D eigenvalue weighted by Gasteiger charge is 2.31. The van der Waals surface area contributed by atoms with Crippen LogP contribution in [0.3, 0.4) is 0 Å². The van der Waals surface area contributed by atoms with Crippen LogP contribution >= 0.6 is 0 Å². The molecule has 2 amide bonds. The summed E-state index contributed by atoms with van der Waals surface area (Å²) < 4.78 is 52.1. The number of rotatable bonds is 7. The molecule has 0 unspecified atom stereocenters. The molecule has 1 N–H and O–H groups in total. The van der Waals surface area contributed by atoms with Crippen molar-refractivity contribution in [1.82, 2.24) is 9.55 Å². The molecule has 1 saturated heterocycles. The smallest absolute Gasteiger partial charge is 0.416 e. The molecule has 0 saturated carbocycles. The molecule has 0 radical (unpaired) electrons. The second-order valence-electron chi connectivity index (χ2n) is 8.29. The van der Waals surface area contributed by atoms with Crippen LogP contribution < -0.4 is 15.0 Å². The Bertz CT molecular complexity index is 1410. The van der Waals surface area contributed by atoms with Crippen molar-refractivity contribution in [1.29, 1.82) is 0 Å². The molecule has 2 aromatic heterocycles. The van der Waals surface area contributed by atoms with Crippen molar-refractivity contribution in [2.45, 2.75) is 25.6 Å². The molecule has 1 aliphatic rings. The van der Waals surface area contributed by atoms with Crippen LogP contribution in [0.2, 0.25) is 0 Å². The van der Waals surface area contributed by atoms with Gasteiger partial charge in [-0.25, -0.2) is 4.98 Å². The first-order valence-corrected chi connectivity index (χ1v) is 11.2. The molecule has 3 heterocycles. The Hall–Kier alpha value is -4.28. The van der Waals surface area contributed by atoms with Crippen molar-refractivity contribution in [3.63, 3.8) is 0 Å². The summed E-state index contributed by atoms with van der Waals surface area (Å²) in [5.41, 5.74) is 0.334. The summed E-state index contributed by atoms with van der Waals surface area (Å²) in [5.74, 6) is 0.486. The van der Waals surface area contributed by atoms with Gasteiger partial charge in [0.1, 0.15) is 11.5 Å². The molecule has 4 aromatic rings. The number of nitrogens with zero attached hydrogens (tertiary/aromatic N) is 3. The van der Waals surface area contributed by atoms with Crippen LogP contribution in [-0.4, -0.2) is 34.5 Å². The van der Waals surface area contributed by atoms with Crippen molar-refractivity contribution >= 4 is 34.5 Å². The van der Waals surface area contributed by atoms with E-state index in [2.05, 4.69) is 10.3 Å². The number of alkyl halides is 3.